The van der Waals surface area contributed by atoms with Crippen LogP contribution >= 0.6 is 0 Å². The molecule has 0 bridgehead atoms. The molecule has 0 saturated carbocycles. The van der Waals surface area contributed by atoms with Gasteiger partial charge in [-0.15, -0.1) is 5.10 Å². The summed E-state index contributed by atoms with van der Waals surface area (Å²) in [6.45, 7) is 2.77. The third-order valence-electron chi connectivity index (χ3n) is 2.19. The zero-order valence-electron chi connectivity index (χ0n) is 9.92. The van der Waals surface area contributed by atoms with Crippen molar-refractivity contribution >= 4 is 17.4 Å². The van der Waals surface area contributed by atoms with E-state index in [4.69, 9.17) is 0 Å². The molecule has 2 N–H and O–H groups in total. The van der Waals surface area contributed by atoms with Crippen LogP contribution in [0, 0.1) is 0 Å². The summed E-state index contributed by atoms with van der Waals surface area (Å²) in [6.07, 6.45) is 3.13. The summed E-state index contributed by atoms with van der Waals surface area (Å²) in [5, 5.41) is 13.2. The first-order valence-corrected chi connectivity index (χ1v) is 5.58. The fraction of sp³-hybridized carbons (Fsp3) is 0.167. The minimum atomic E-state index is -0.310. The summed E-state index contributed by atoms with van der Waals surface area (Å²) in [7, 11) is 0. The molecule has 0 aromatic carbocycles. The first kappa shape index (κ1) is 12.0. The van der Waals surface area contributed by atoms with Crippen LogP contribution in [-0.4, -0.2) is 27.6 Å². The Morgan fingerprint density at radius 2 is 2.22 bits per heavy atom. The van der Waals surface area contributed by atoms with Crippen molar-refractivity contribution in [3.8, 4) is 0 Å². The number of hydrogen-bond acceptors (Lipinski definition) is 5. The molecular weight excluding hydrogens is 230 g/mol. The average molecular weight is 243 g/mol. The summed E-state index contributed by atoms with van der Waals surface area (Å²) in [5.74, 6) is 0.0911. The molecule has 0 aliphatic rings. The number of nitrogens with zero attached hydrogens (tertiary/aromatic N) is 3. The highest BCUT2D eigenvalue weighted by Crippen LogP contribution is 2.09. The molecule has 0 spiro atoms. The molecule has 0 fully saturated rings. The van der Waals surface area contributed by atoms with E-state index >= 15 is 0 Å². The highest BCUT2D eigenvalue weighted by Gasteiger charge is 2.08. The van der Waals surface area contributed by atoms with Crippen molar-refractivity contribution in [2.24, 2.45) is 0 Å². The highest BCUT2D eigenvalue weighted by molar-refractivity contribution is 6.02. The van der Waals surface area contributed by atoms with Gasteiger partial charge < -0.3 is 10.6 Å². The van der Waals surface area contributed by atoms with Crippen LogP contribution in [0.2, 0.25) is 0 Å². The number of rotatable bonds is 4. The zero-order chi connectivity index (χ0) is 12.8. The second kappa shape index (κ2) is 5.72. The molecule has 0 atom stereocenters. The second-order valence-corrected chi connectivity index (χ2v) is 3.52. The van der Waals surface area contributed by atoms with Crippen LogP contribution in [0.5, 0.6) is 0 Å². The summed E-state index contributed by atoms with van der Waals surface area (Å²) < 4.78 is 0. The van der Waals surface area contributed by atoms with Crippen molar-refractivity contribution in [1.82, 2.24) is 15.2 Å². The van der Waals surface area contributed by atoms with Gasteiger partial charge in [0.15, 0.2) is 5.82 Å². The molecule has 6 heteroatoms. The molecule has 0 aliphatic heterocycles. The Hall–Kier alpha value is -2.50. The largest absolute Gasteiger partial charge is 0.385 e. The number of anilines is 2. The summed E-state index contributed by atoms with van der Waals surface area (Å²) in [5.41, 5.74) is 1.19. The number of hydrogen-bond donors (Lipinski definition) is 2. The van der Waals surface area contributed by atoms with Crippen LogP contribution in [0.1, 0.15) is 17.4 Å². The normalized spacial score (nSPS) is 9.83. The van der Waals surface area contributed by atoms with Crippen molar-refractivity contribution in [3.63, 3.8) is 0 Å². The van der Waals surface area contributed by atoms with E-state index in [0.29, 0.717) is 11.5 Å². The SMILES string of the molecule is CCNc1ccnc(C(=O)Nc2cccnn2)c1. The fourth-order valence-electron chi connectivity index (χ4n) is 1.42. The monoisotopic (exact) mass is 243 g/mol. The summed E-state index contributed by atoms with van der Waals surface area (Å²) >= 11 is 0. The molecule has 2 aromatic rings. The van der Waals surface area contributed by atoms with Crippen molar-refractivity contribution < 1.29 is 4.79 Å². The maximum atomic E-state index is 11.9. The molecule has 18 heavy (non-hydrogen) atoms. The molecule has 0 aliphatic carbocycles. The minimum absolute atomic E-state index is 0.310. The Kier molecular flexibility index (Phi) is 3.80. The minimum Gasteiger partial charge on any atom is -0.385 e. The highest BCUT2D eigenvalue weighted by atomic mass is 16.1. The number of carbonyl (C=O) groups excluding carboxylic acids is 1. The van der Waals surface area contributed by atoms with E-state index in [1.54, 1.807) is 30.6 Å². The Labute approximate surface area is 104 Å². The lowest BCUT2D eigenvalue weighted by molar-refractivity contribution is 0.102. The van der Waals surface area contributed by atoms with Gasteiger partial charge in [0, 0.05) is 24.6 Å². The Balaban J connectivity index is 2.11. The van der Waals surface area contributed by atoms with E-state index in [1.807, 2.05) is 13.0 Å². The second-order valence-electron chi connectivity index (χ2n) is 3.52. The van der Waals surface area contributed by atoms with E-state index in [9.17, 15) is 4.79 Å². The molecule has 2 heterocycles. The lowest BCUT2D eigenvalue weighted by Gasteiger charge is -2.05. The van der Waals surface area contributed by atoms with Gasteiger partial charge in [0.25, 0.3) is 5.91 Å². The van der Waals surface area contributed by atoms with Crippen LogP contribution in [0.3, 0.4) is 0 Å². The van der Waals surface area contributed by atoms with Crippen LogP contribution in [0.15, 0.2) is 36.7 Å². The maximum Gasteiger partial charge on any atom is 0.275 e. The summed E-state index contributed by atoms with van der Waals surface area (Å²) in [4.78, 5) is 15.9. The lowest BCUT2D eigenvalue weighted by Crippen LogP contribution is -2.15. The van der Waals surface area contributed by atoms with Crippen LogP contribution in [0.4, 0.5) is 11.5 Å². The first-order valence-electron chi connectivity index (χ1n) is 5.58. The van der Waals surface area contributed by atoms with Gasteiger partial charge in [-0.1, -0.05) is 0 Å². The molecular formula is C12H13N5O. The third kappa shape index (κ3) is 3.00. The topological polar surface area (TPSA) is 79.8 Å². The van der Waals surface area contributed by atoms with Crippen LogP contribution < -0.4 is 10.6 Å². The molecule has 6 nitrogen and oxygen atoms in total. The smallest absolute Gasteiger partial charge is 0.275 e. The maximum absolute atomic E-state index is 11.9. The van der Waals surface area contributed by atoms with Crippen molar-refractivity contribution in [2.45, 2.75) is 6.92 Å². The Bertz CT molecular complexity index is 529. The predicted molar refractivity (Wildman–Crippen MR) is 68.4 cm³/mol. The standard InChI is InChI=1S/C12H13N5O/c1-2-13-9-5-7-14-10(8-9)12(18)16-11-4-3-6-15-17-11/h3-8H,2H2,1H3,(H,13,14)(H,16,17,18). The fourth-order valence-corrected chi connectivity index (χ4v) is 1.42. The third-order valence-corrected chi connectivity index (χ3v) is 2.19. The van der Waals surface area contributed by atoms with Gasteiger partial charge in [0.2, 0.25) is 0 Å². The van der Waals surface area contributed by atoms with E-state index in [-0.39, 0.29) is 5.91 Å². The summed E-state index contributed by atoms with van der Waals surface area (Å²) in [6, 6.07) is 6.86. The predicted octanol–water partition coefficient (Wildman–Crippen LogP) is 1.56. The molecule has 0 radical (unpaired) electrons. The number of carbonyl (C=O) groups is 1. The number of amides is 1. The molecule has 0 saturated heterocycles. The van der Waals surface area contributed by atoms with E-state index in [2.05, 4.69) is 25.8 Å². The molecule has 2 rings (SSSR count). The van der Waals surface area contributed by atoms with Crippen molar-refractivity contribution in [2.75, 3.05) is 17.2 Å². The Morgan fingerprint density at radius 3 is 2.94 bits per heavy atom. The quantitative estimate of drug-likeness (QED) is 0.851. The zero-order valence-corrected chi connectivity index (χ0v) is 9.92. The van der Waals surface area contributed by atoms with Gasteiger partial charge in [0.05, 0.1) is 0 Å². The van der Waals surface area contributed by atoms with Gasteiger partial charge in [-0.3, -0.25) is 9.78 Å². The van der Waals surface area contributed by atoms with Crippen LogP contribution in [-0.2, 0) is 0 Å². The van der Waals surface area contributed by atoms with Crippen molar-refractivity contribution in [3.05, 3.63) is 42.4 Å². The van der Waals surface area contributed by atoms with Gasteiger partial charge in [-0.25, -0.2) is 0 Å². The van der Waals surface area contributed by atoms with Gasteiger partial charge in [-0.05, 0) is 31.2 Å². The van der Waals surface area contributed by atoms with Crippen LogP contribution in [0.25, 0.3) is 0 Å². The Morgan fingerprint density at radius 1 is 1.33 bits per heavy atom. The number of aromatic nitrogens is 3. The first-order chi connectivity index (χ1) is 8.79. The average Bonchev–Trinajstić information content (AvgIpc) is 2.40. The van der Waals surface area contributed by atoms with Gasteiger partial charge >= 0.3 is 0 Å². The number of pyridine rings is 1. The van der Waals surface area contributed by atoms with E-state index < -0.39 is 0 Å². The van der Waals surface area contributed by atoms with Crippen molar-refractivity contribution in [1.29, 1.82) is 0 Å². The van der Waals surface area contributed by atoms with E-state index in [0.717, 1.165) is 12.2 Å². The molecule has 2 aromatic heterocycles. The molecule has 1 amide bonds. The van der Waals surface area contributed by atoms with E-state index in [1.165, 1.54) is 0 Å². The lowest BCUT2D eigenvalue weighted by atomic mass is 10.3. The van der Waals surface area contributed by atoms with Gasteiger partial charge in [-0.2, -0.15) is 5.10 Å². The number of nitrogens with one attached hydrogen (secondary N) is 2. The van der Waals surface area contributed by atoms with Gasteiger partial charge in [0.1, 0.15) is 5.69 Å². The molecule has 0 unspecified atom stereocenters. The molecule has 92 valence electrons.